The lowest BCUT2D eigenvalue weighted by molar-refractivity contribution is -0.892. The Morgan fingerprint density at radius 3 is 2.82 bits per heavy atom. The van der Waals surface area contributed by atoms with Crippen molar-refractivity contribution in [2.45, 2.75) is 39.0 Å². The first-order valence-corrected chi connectivity index (χ1v) is 6.51. The number of hydrogen-bond donors (Lipinski definition) is 0. The Kier molecular flexibility index (Phi) is 4.13. The van der Waals surface area contributed by atoms with Crippen LogP contribution in [0.4, 0.5) is 0 Å². The molecule has 3 nitrogen and oxygen atoms in total. The maximum absolute atomic E-state index is 12.4. The van der Waals surface area contributed by atoms with E-state index >= 15 is 0 Å². The number of aromatic nitrogens is 1. The normalized spacial score (nSPS) is 16.8. The summed E-state index contributed by atoms with van der Waals surface area (Å²) in [7, 11) is 0. The summed E-state index contributed by atoms with van der Waals surface area (Å²) in [5.41, 5.74) is 0.682. The van der Waals surface area contributed by atoms with E-state index in [0.29, 0.717) is 12.3 Å². The van der Waals surface area contributed by atoms with Crippen LogP contribution in [0.1, 0.15) is 49.5 Å². The molecule has 1 saturated carbocycles. The van der Waals surface area contributed by atoms with E-state index in [1.165, 1.54) is 19.3 Å². The molecule has 1 heterocycles. The van der Waals surface area contributed by atoms with Crippen molar-refractivity contribution in [1.29, 1.82) is 0 Å². The van der Waals surface area contributed by atoms with Crippen molar-refractivity contribution in [2.75, 3.05) is 6.61 Å². The van der Waals surface area contributed by atoms with Gasteiger partial charge in [0.2, 0.25) is 12.0 Å². The van der Waals surface area contributed by atoms with E-state index in [9.17, 15) is 4.79 Å². The van der Waals surface area contributed by atoms with Gasteiger partial charge < -0.3 is 0 Å². The summed E-state index contributed by atoms with van der Waals surface area (Å²) in [6.45, 7) is 2.49. The smallest absolute Gasteiger partial charge is 0.287 e. The molecule has 0 spiro atoms. The third-order valence-corrected chi connectivity index (χ3v) is 3.32. The highest BCUT2D eigenvalue weighted by Gasteiger charge is 2.29. The molecule has 17 heavy (non-hydrogen) atoms. The van der Waals surface area contributed by atoms with Crippen molar-refractivity contribution in [3.8, 4) is 0 Å². The number of carbonyl (C=O) groups excluding carboxylic acids is 1. The van der Waals surface area contributed by atoms with E-state index in [1.807, 2.05) is 25.1 Å². The maximum atomic E-state index is 12.4. The van der Waals surface area contributed by atoms with Gasteiger partial charge >= 0.3 is 0 Å². The Bertz CT molecular complexity index is 384. The van der Waals surface area contributed by atoms with Gasteiger partial charge in [-0.15, -0.1) is 0 Å². The molecule has 0 unspecified atom stereocenters. The first-order chi connectivity index (χ1) is 8.33. The van der Waals surface area contributed by atoms with E-state index in [0.717, 1.165) is 12.8 Å². The van der Waals surface area contributed by atoms with E-state index in [4.69, 9.17) is 4.84 Å². The van der Waals surface area contributed by atoms with Crippen LogP contribution in [0.25, 0.3) is 0 Å². The van der Waals surface area contributed by atoms with Crippen molar-refractivity contribution in [3.63, 3.8) is 0 Å². The molecule has 0 atom stereocenters. The number of hydrogen-bond acceptors (Lipinski definition) is 2. The van der Waals surface area contributed by atoms with Crippen molar-refractivity contribution >= 4 is 5.78 Å². The molecule has 0 radical (unpaired) electrons. The van der Waals surface area contributed by atoms with Crippen LogP contribution in [0.15, 0.2) is 24.4 Å². The molecule has 1 aliphatic carbocycles. The monoisotopic (exact) mass is 234 g/mol. The summed E-state index contributed by atoms with van der Waals surface area (Å²) in [6, 6.07) is 5.63. The second-order valence-corrected chi connectivity index (χ2v) is 4.53. The molecule has 3 heteroatoms. The fourth-order valence-corrected chi connectivity index (χ4v) is 2.44. The zero-order chi connectivity index (χ0) is 12.1. The Labute approximate surface area is 102 Å². The standard InChI is InChI=1S/C14H20NO2/c1-2-17-15-11-7-6-10-13(15)14(16)12-8-4-3-5-9-12/h6-7,10-12H,2-5,8-9H2,1H3/q+1. The van der Waals surface area contributed by atoms with Crippen LogP contribution < -0.4 is 9.57 Å². The molecule has 0 aliphatic heterocycles. The molecule has 0 saturated heterocycles. The number of carbonyl (C=O) groups is 1. The molecule has 0 aromatic carbocycles. The average molecular weight is 234 g/mol. The van der Waals surface area contributed by atoms with Crippen molar-refractivity contribution in [1.82, 2.24) is 0 Å². The molecular formula is C14H20NO2+. The number of nitrogens with zero attached hydrogens (tertiary/aromatic N) is 1. The SMILES string of the molecule is CCO[n+]1ccccc1C(=O)C1CCCCC1. The van der Waals surface area contributed by atoms with Gasteiger partial charge in [0.1, 0.15) is 0 Å². The predicted molar refractivity (Wildman–Crippen MR) is 64.7 cm³/mol. The average Bonchev–Trinajstić information content (AvgIpc) is 2.40. The van der Waals surface area contributed by atoms with Crippen LogP contribution in [-0.4, -0.2) is 12.4 Å². The fraction of sp³-hybridized carbons (Fsp3) is 0.571. The van der Waals surface area contributed by atoms with Gasteiger partial charge in [0, 0.05) is 22.8 Å². The zero-order valence-corrected chi connectivity index (χ0v) is 10.4. The van der Waals surface area contributed by atoms with Gasteiger partial charge in [-0.1, -0.05) is 19.3 Å². The van der Waals surface area contributed by atoms with Gasteiger partial charge in [-0.25, -0.2) is 0 Å². The Morgan fingerprint density at radius 1 is 1.35 bits per heavy atom. The summed E-state index contributed by atoms with van der Waals surface area (Å²) in [6.07, 6.45) is 7.49. The summed E-state index contributed by atoms with van der Waals surface area (Å²) in [4.78, 5) is 17.8. The Morgan fingerprint density at radius 2 is 2.12 bits per heavy atom. The number of rotatable bonds is 4. The largest absolute Gasteiger partial charge is 0.300 e. The van der Waals surface area contributed by atoms with Crippen LogP contribution in [0.3, 0.4) is 0 Å². The third kappa shape index (κ3) is 2.84. The second kappa shape index (κ2) is 5.80. The number of pyridine rings is 1. The van der Waals surface area contributed by atoms with E-state index in [1.54, 1.807) is 10.9 Å². The van der Waals surface area contributed by atoms with Crippen LogP contribution in [0.2, 0.25) is 0 Å². The zero-order valence-electron chi connectivity index (χ0n) is 10.4. The van der Waals surface area contributed by atoms with Crippen molar-refractivity contribution in [3.05, 3.63) is 30.1 Å². The molecular weight excluding hydrogens is 214 g/mol. The highest BCUT2D eigenvalue weighted by molar-refractivity contribution is 5.94. The highest BCUT2D eigenvalue weighted by atomic mass is 16.7. The van der Waals surface area contributed by atoms with Gasteiger partial charge in [-0.3, -0.25) is 9.63 Å². The maximum Gasteiger partial charge on any atom is 0.300 e. The highest BCUT2D eigenvalue weighted by Crippen LogP contribution is 2.25. The van der Waals surface area contributed by atoms with Crippen LogP contribution in [-0.2, 0) is 0 Å². The molecule has 0 bridgehead atoms. The van der Waals surface area contributed by atoms with Crippen molar-refractivity contribution < 1.29 is 14.4 Å². The van der Waals surface area contributed by atoms with Gasteiger partial charge in [-0.2, -0.15) is 0 Å². The van der Waals surface area contributed by atoms with Gasteiger partial charge in [-0.05, 0) is 25.8 Å². The fourth-order valence-electron chi connectivity index (χ4n) is 2.44. The molecule has 2 rings (SSSR count). The van der Waals surface area contributed by atoms with Crippen molar-refractivity contribution in [2.24, 2.45) is 5.92 Å². The second-order valence-electron chi connectivity index (χ2n) is 4.53. The molecule has 1 aromatic heterocycles. The Hall–Kier alpha value is -1.38. The van der Waals surface area contributed by atoms with Crippen LogP contribution in [0.5, 0.6) is 0 Å². The Balaban J connectivity index is 2.17. The molecule has 1 aromatic rings. The first-order valence-electron chi connectivity index (χ1n) is 6.51. The molecule has 1 fully saturated rings. The quantitative estimate of drug-likeness (QED) is 0.590. The summed E-state index contributed by atoms with van der Waals surface area (Å²) < 4.78 is 1.61. The van der Waals surface area contributed by atoms with Crippen LogP contribution in [0, 0.1) is 5.92 Å². The van der Waals surface area contributed by atoms with Gasteiger partial charge in [0.15, 0.2) is 6.61 Å². The summed E-state index contributed by atoms with van der Waals surface area (Å²) in [5, 5.41) is 0. The van der Waals surface area contributed by atoms with Gasteiger partial charge in [0.05, 0.1) is 0 Å². The third-order valence-electron chi connectivity index (χ3n) is 3.32. The molecule has 0 amide bonds. The minimum atomic E-state index is 0.192. The lowest BCUT2D eigenvalue weighted by atomic mass is 9.85. The molecule has 0 N–H and O–H groups in total. The lowest BCUT2D eigenvalue weighted by Gasteiger charge is -2.18. The van der Waals surface area contributed by atoms with E-state index < -0.39 is 0 Å². The lowest BCUT2D eigenvalue weighted by Crippen LogP contribution is -2.48. The molecule has 92 valence electrons. The van der Waals surface area contributed by atoms with Gasteiger partial charge in [0.25, 0.3) is 5.69 Å². The van der Waals surface area contributed by atoms with E-state index in [2.05, 4.69) is 0 Å². The minimum Gasteiger partial charge on any atom is -0.287 e. The summed E-state index contributed by atoms with van der Waals surface area (Å²) >= 11 is 0. The van der Waals surface area contributed by atoms with Crippen LogP contribution >= 0.6 is 0 Å². The summed E-state index contributed by atoms with van der Waals surface area (Å²) in [5.74, 6) is 0.427. The predicted octanol–water partition coefficient (Wildman–Crippen LogP) is 2.19. The number of Topliss-reactive ketones (excluding diaryl/α,β-unsaturated/α-hetero) is 1. The topological polar surface area (TPSA) is 30.2 Å². The van der Waals surface area contributed by atoms with E-state index in [-0.39, 0.29) is 11.7 Å². The first kappa shape index (κ1) is 12.1. The minimum absolute atomic E-state index is 0.192. The number of ketones is 1. The molecule has 1 aliphatic rings.